The molecule has 0 aliphatic carbocycles. The molecule has 0 amide bonds. The van der Waals surface area contributed by atoms with Crippen LogP contribution in [0.3, 0.4) is 0 Å². The molecule has 0 bridgehead atoms. The first kappa shape index (κ1) is 24.0. The van der Waals surface area contributed by atoms with Gasteiger partial charge in [0.2, 0.25) is 0 Å². The summed E-state index contributed by atoms with van der Waals surface area (Å²) in [6.07, 6.45) is 0.604. The van der Waals surface area contributed by atoms with Crippen LogP contribution in [0.1, 0.15) is 0 Å². The number of quaternary nitrogens is 2. The quantitative estimate of drug-likeness (QED) is 0.462. The monoisotopic (exact) mass is 280 g/mol. The maximum atomic E-state index is 10.7. The molecule has 98 valence electrons. The standard InChI is InChI=1S/CHF3O3S.CH4O3S.2H3N/c2-1(3,4)8(5,6)7;1-5(2,3)4;;/h(H,5,6,7);1H3,(H,2,3,4);2*1H3. The van der Waals surface area contributed by atoms with Gasteiger partial charge in [-0.25, -0.2) is 16.8 Å². The van der Waals surface area contributed by atoms with Crippen molar-refractivity contribution in [2.75, 3.05) is 6.26 Å². The fourth-order valence-electron chi connectivity index (χ4n) is 0. The highest BCUT2D eigenvalue weighted by Gasteiger charge is 2.36. The van der Waals surface area contributed by atoms with Crippen LogP contribution in [0.4, 0.5) is 13.2 Å². The van der Waals surface area contributed by atoms with E-state index in [0.717, 1.165) is 0 Å². The van der Waals surface area contributed by atoms with E-state index >= 15 is 0 Å². The maximum absolute atomic E-state index is 10.7. The van der Waals surface area contributed by atoms with Crippen molar-refractivity contribution in [2.45, 2.75) is 5.51 Å². The van der Waals surface area contributed by atoms with Gasteiger partial charge in [0.15, 0.2) is 10.1 Å². The fraction of sp³-hybridized carbons (Fsp3) is 1.00. The summed E-state index contributed by atoms with van der Waals surface area (Å²) in [5.74, 6) is 0. The Bertz CT molecular complexity index is 335. The molecule has 0 aliphatic rings. The van der Waals surface area contributed by atoms with E-state index in [1.54, 1.807) is 0 Å². The largest absolute Gasteiger partial charge is 0.748 e. The molecule has 0 radical (unpaired) electrons. The number of rotatable bonds is 0. The van der Waals surface area contributed by atoms with Crippen molar-refractivity contribution in [2.24, 2.45) is 0 Å². The summed E-state index contributed by atoms with van der Waals surface area (Å²) in [6, 6.07) is 0. The van der Waals surface area contributed by atoms with Crippen LogP contribution in [0.15, 0.2) is 0 Å². The zero-order valence-corrected chi connectivity index (χ0v) is 9.53. The van der Waals surface area contributed by atoms with E-state index in [0.29, 0.717) is 6.26 Å². The second-order valence-corrected chi connectivity index (χ2v) is 4.38. The lowest BCUT2D eigenvalue weighted by molar-refractivity contribution is -0.0517. The van der Waals surface area contributed by atoms with Gasteiger partial charge in [0.1, 0.15) is 0 Å². The molecule has 0 saturated heterocycles. The van der Waals surface area contributed by atoms with Crippen molar-refractivity contribution in [1.29, 1.82) is 0 Å². The second-order valence-electron chi connectivity index (χ2n) is 1.60. The zero-order chi connectivity index (χ0) is 11.5. The normalized spacial score (nSPS) is 11.3. The van der Waals surface area contributed by atoms with Gasteiger partial charge in [0.25, 0.3) is 0 Å². The molecule has 0 atom stereocenters. The van der Waals surface area contributed by atoms with Gasteiger partial charge in [-0.3, -0.25) is 0 Å². The number of halogens is 3. The van der Waals surface area contributed by atoms with Crippen molar-refractivity contribution < 1.29 is 39.1 Å². The first-order valence-electron chi connectivity index (χ1n) is 2.18. The molecule has 0 fully saturated rings. The maximum Gasteiger partial charge on any atom is 0.485 e. The van der Waals surface area contributed by atoms with E-state index in [-0.39, 0.29) is 12.3 Å². The molecule has 0 aromatic rings. The summed E-state index contributed by atoms with van der Waals surface area (Å²) in [4.78, 5) is 0. The van der Waals surface area contributed by atoms with Gasteiger partial charge in [0.05, 0.1) is 10.1 Å². The zero-order valence-electron chi connectivity index (χ0n) is 7.90. The molecule has 0 heterocycles. The van der Waals surface area contributed by atoms with E-state index in [2.05, 4.69) is 0 Å². The van der Waals surface area contributed by atoms with Crippen LogP contribution in [0.5, 0.6) is 0 Å². The van der Waals surface area contributed by atoms with Crippen molar-refractivity contribution in [3.05, 3.63) is 0 Å². The fourth-order valence-corrected chi connectivity index (χ4v) is 0. The predicted molar refractivity (Wildman–Crippen MR) is 43.3 cm³/mol. The smallest absolute Gasteiger partial charge is 0.485 e. The number of alkyl halides is 3. The summed E-state index contributed by atoms with van der Waals surface area (Å²) < 4.78 is 86.1. The second kappa shape index (κ2) is 6.91. The molecule has 0 aromatic carbocycles. The predicted octanol–water partition coefficient (Wildman–Crippen LogP) is -0.0348. The van der Waals surface area contributed by atoms with Crippen LogP contribution < -0.4 is 12.3 Å². The van der Waals surface area contributed by atoms with Gasteiger partial charge < -0.3 is 21.4 Å². The molecule has 13 heteroatoms. The van der Waals surface area contributed by atoms with E-state index in [4.69, 9.17) is 25.9 Å². The van der Waals surface area contributed by atoms with Crippen LogP contribution in [-0.2, 0) is 20.2 Å². The molecule has 0 aromatic heterocycles. The molecule has 0 saturated carbocycles. The van der Waals surface area contributed by atoms with Gasteiger partial charge in [-0.2, -0.15) is 13.2 Å². The Balaban J connectivity index is -0.0000000770. The Morgan fingerprint density at radius 3 is 1.00 bits per heavy atom. The summed E-state index contributed by atoms with van der Waals surface area (Å²) >= 11 is 0. The molecule has 0 spiro atoms. The van der Waals surface area contributed by atoms with Crippen molar-refractivity contribution in [1.82, 2.24) is 12.3 Å². The highest BCUT2D eigenvalue weighted by atomic mass is 32.2. The molecule has 8 nitrogen and oxygen atoms in total. The van der Waals surface area contributed by atoms with Crippen LogP contribution >= 0.6 is 0 Å². The van der Waals surface area contributed by atoms with Crippen molar-refractivity contribution in [3.63, 3.8) is 0 Å². The minimum Gasteiger partial charge on any atom is -0.748 e. The van der Waals surface area contributed by atoms with Crippen LogP contribution in [0.2, 0.25) is 0 Å². The van der Waals surface area contributed by atoms with Crippen molar-refractivity contribution >= 4 is 20.2 Å². The highest BCUT2D eigenvalue weighted by Crippen LogP contribution is 2.20. The SMILES string of the molecule is CS(=O)(=O)[O-].O=S(=O)([O-])C(F)(F)F.[NH4+].[NH4+]. The lowest BCUT2D eigenvalue weighted by atomic mass is 11.6. The van der Waals surface area contributed by atoms with E-state index in [9.17, 15) is 13.2 Å². The van der Waals surface area contributed by atoms with Gasteiger partial charge in [0, 0.05) is 6.26 Å². The highest BCUT2D eigenvalue weighted by molar-refractivity contribution is 7.86. The average molecular weight is 280 g/mol. The molecule has 0 rings (SSSR count). The first-order valence-corrected chi connectivity index (χ1v) is 5.40. The van der Waals surface area contributed by atoms with Crippen LogP contribution in [-0.4, -0.2) is 37.7 Å². The van der Waals surface area contributed by atoms with Gasteiger partial charge >= 0.3 is 5.51 Å². The minimum atomic E-state index is -6.09. The summed E-state index contributed by atoms with van der Waals surface area (Å²) in [7, 11) is -10.0. The molecular weight excluding hydrogens is 269 g/mol. The van der Waals surface area contributed by atoms with E-state index in [1.807, 2.05) is 0 Å². The van der Waals surface area contributed by atoms with Crippen molar-refractivity contribution in [3.8, 4) is 0 Å². The lowest BCUT2D eigenvalue weighted by Crippen LogP contribution is -2.21. The van der Waals surface area contributed by atoms with Gasteiger partial charge in [-0.15, -0.1) is 0 Å². The van der Waals surface area contributed by atoms with Crippen LogP contribution in [0, 0.1) is 0 Å². The Kier molecular flexibility index (Phi) is 11.1. The molecule has 0 unspecified atom stereocenters. The average Bonchev–Trinajstić information content (AvgIpc) is 1.50. The topological polar surface area (TPSA) is 187 Å². The first-order chi connectivity index (χ1) is 5.25. The minimum absolute atomic E-state index is 0. The third-order valence-corrected chi connectivity index (χ3v) is 0.850. The third kappa shape index (κ3) is 24.7. The molecule has 0 aliphatic heterocycles. The van der Waals surface area contributed by atoms with Gasteiger partial charge in [-0.1, -0.05) is 0 Å². The Labute approximate surface area is 84.1 Å². The van der Waals surface area contributed by atoms with E-state index < -0.39 is 25.7 Å². The van der Waals surface area contributed by atoms with Crippen LogP contribution in [0.25, 0.3) is 0 Å². The number of hydrogen-bond donors (Lipinski definition) is 2. The Hall–Kier alpha value is -0.470. The third-order valence-electron chi connectivity index (χ3n) is 0.283. The molecule has 15 heavy (non-hydrogen) atoms. The summed E-state index contributed by atoms with van der Waals surface area (Å²) in [6.45, 7) is 0. The Morgan fingerprint density at radius 1 is 0.933 bits per heavy atom. The number of hydrogen-bond acceptors (Lipinski definition) is 6. The molecular formula is C2H11F3N2O6S2. The molecule has 8 N–H and O–H groups in total. The lowest BCUT2D eigenvalue weighted by Gasteiger charge is -2.08. The summed E-state index contributed by atoms with van der Waals surface area (Å²) in [5.41, 5.74) is -5.65. The Morgan fingerprint density at radius 2 is 1.00 bits per heavy atom. The summed E-state index contributed by atoms with van der Waals surface area (Å²) in [5, 5.41) is 0. The van der Waals surface area contributed by atoms with E-state index in [1.165, 1.54) is 0 Å². The van der Waals surface area contributed by atoms with Gasteiger partial charge in [-0.05, 0) is 0 Å².